The molecule has 12 heteroatoms. The number of carbonyl (C=O) groups is 3. The van der Waals surface area contributed by atoms with Crippen LogP contribution in [0, 0.1) is 10.1 Å². The molecular weight excluding hydrogens is 574 g/mol. The summed E-state index contributed by atoms with van der Waals surface area (Å²) in [5, 5.41) is 17.0. The number of anilines is 2. The van der Waals surface area contributed by atoms with Crippen molar-refractivity contribution in [2.45, 2.75) is 38.5 Å². The van der Waals surface area contributed by atoms with Gasteiger partial charge in [-0.15, -0.1) is 0 Å². The highest BCUT2D eigenvalue weighted by Crippen LogP contribution is 2.38. The van der Waals surface area contributed by atoms with Gasteiger partial charge in [-0.3, -0.25) is 34.8 Å². The summed E-state index contributed by atoms with van der Waals surface area (Å²) < 4.78 is 0. The lowest BCUT2D eigenvalue weighted by atomic mass is 9.90. The van der Waals surface area contributed by atoms with E-state index in [-0.39, 0.29) is 23.4 Å². The lowest BCUT2D eigenvalue weighted by molar-refractivity contribution is -0.384. The largest absolute Gasteiger partial charge is 0.342 e. The summed E-state index contributed by atoms with van der Waals surface area (Å²) >= 11 is 0. The number of aromatic nitrogens is 2. The predicted molar refractivity (Wildman–Crippen MR) is 170 cm³/mol. The number of non-ortho nitro benzene ring substituents is 1. The van der Waals surface area contributed by atoms with Gasteiger partial charge in [-0.2, -0.15) is 0 Å². The Balaban J connectivity index is 1.32. The molecule has 3 amide bonds. The minimum atomic E-state index is -0.871. The average Bonchev–Trinajstić information content (AvgIpc) is 3.62. The fourth-order valence-electron chi connectivity index (χ4n) is 5.69. The van der Waals surface area contributed by atoms with Crippen LogP contribution in [0.15, 0.2) is 77.9 Å². The summed E-state index contributed by atoms with van der Waals surface area (Å²) in [6, 6.07) is 19.4. The summed E-state index contributed by atoms with van der Waals surface area (Å²) in [6.07, 6.45) is 4.89. The number of nitro benzene ring substituents is 1. The van der Waals surface area contributed by atoms with Crippen LogP contribution >= 0.6 is 0 Å². The zero-order valence-electron chi connectivity index (χ0n) is 24.6. The van der Waals surface area contributed by atoms with Crippen LogP contribution in [0.25, 0.3) is 11.3 Å². The second-order valence-electron chi connectivity index (χ2n) is 11.1. The molecule has 4 aromatic rings. The van der Waals surface area contributed by atoms with Crippen molar-refractivity contribution in [3.63, 3.8) is 0 Å². The van der Waals surface area contributed by atoms with E-state index in [0.717, 1.165) is 30.5 Å². The van der Waals surface area contributed by atoms with Crippen LogP contribution in [0.4, 0.5) is 23.0 Å². The van der Waals surface area contributed by atoms with Gasteiger partial charge in [0.15, 0.2) is 0 Å². The van der Waals surface area contributed by atoms with Crippen LogP contribution in [-0.4, -0.2) is 56.3 Å². The topological polar surface area (TPSA) is 163 Å². The number of imidazole rings is 1. The van der Waals surface area contributed by atoms with E-state index in [2.05, 4.69) is 20.6 Å². The van der Waals surface area contributed by atoms with Gasteiger partial charge in [0.1, 0.15) is 5.92 Å². The fraction of sp³-hybridized carbons (Fsp3) is 0.242. The molecular formula is C33H31N7O5. The highest BCUT2D eigenvalue weighted by molar-refractivity contribution is 6.24. The third-order valence-corrected chi connectivity index (χ3v) is 7.99. The maximum absolute atomic E-state index is 13.4. The van der Waals surface area contributed by atoms with E-state index < -0.39 is 10.8 Å². The van der Waals surface area contributed by atoms with E-state index >= 15 is 0 Å². The molecule has 2 aliphatic rings. The Bertz CT molecular complexity index is 1810. The molecule has 45 heavy (non-hydrogen) atoms. The van der Waals surface area contributed by atoms with E-state index in [1.165, 1.54) is 19.1 Å². The fourth-order valence-corrected chi connectivity index (χ4v) is 5.69. The Kier molecular flexibility index (Phi) is 8.19. The van der Waals surface area contributed by atoms with Gasteiger partial charge in [-0.05, 0) is 54.2 Å². The van der Waals surface area contributed by atoms with Crippen molar-refractivity contribution in [2.24, 2.45) is 4.99 Å². The number of likely N-dealkylation sites (tertiary alicyclic amines) is 1. The zero-order chi connectivity index (χ0) is 31.5. The van der Waals surface area contributed by atoms with Gasteiger partial charge >= 0.3 is 0 Å². The average molecular weight is 606 g/mol. The van der Waals surface area contributed by atoms with Crippen molar-refractivity contribution in [2.75, 3.05) is 23.7 Å². The van der Waals surface area contributed by atoms with Gasteiger partial charge in [0.2, 0.25) is 23.7 Å². The Morgan fingerprint density at radius 3 is 2.58 bits per heavy atom. The molecule has 0 saturated carbocycles. The molecule has 228 valence electrons. The first-order valence-electron chi connectivity index (χ1n) is 14.7. The number of hydrogen-bond donors (Lipinski definition) is 3. The van der Waals surface area contributed by atoms with E-state index in [1.807, 2.05) is 41.3 Å². The maximum Gasteiger partial charge on any atom is 0.269 e. The number of piperidine rings is 1. The van der Waals surface area contributed by atoms with Gasteiger partial charge in [-0.1, -0.05) is 36.4 Å². The molecule has 3 aromatic carbocycles. The first-order chi connectivity index (χ1) is 21.7. The van der Waals surface area contributed by atoms with Crippen LogP contribution < -0.4 is 10.6 Å². The molecule has 1 unspecified atom stereocenters. The summed E-state index contributed by atoms with van der Waals surface area (Å²) in [5.74, 6) is -0.895. The van der Waals surface area contributed by atoms with E-state index in [0.29, 0.717) is 59.2 Å². The molecule has 0 spiro atoms. The standard InChI is InChI=1S/C33H31N7O5/c1-20(41)35-33-34-19-28(38-33)22-9-11-24(12-10-22)36-31(30-26-18-25(40(44)45)13-14-27(26)37-32(30)43)23-7-5-21(6-8-23)15-17-39-16-3-2-4-29(39)42/h5-14,18-19,30H,2-4,15-17H2,1H3,(H,37,43)(H2,34,35,38,41). The van der Waals surface area contributed by atoms with Crippen molar-refractivity contribution < 1.29 is 19.3 Å². The van der Waals surface area contributed by atoms with Crippen LogP contribution in [0.1, 0.15) is 48.8 Å². The molecule has 3 N–H and O–H groups in total. The minimum absolute atomic E-state index is 0.111. The lowest BCUT2D eigenvalue weighted by Crippen LogP contribution is -2.36. The zero-order valence-corrected chi connectivity index (χ0v) is 24.6. The molecule has 1 aromatic heterocycles. The van der Waals surface area contributed by atoms with Crippen molar-refractivity contribution >= 4 is 46.4 Å². The van der Waals surface area contributed by atoms with Crippen LogP contribution in [0.3, 0.4) is 0 Å². The molecule has 1 saturated heterocycles. The normalized spacial score (nSPS) is 16.3. The molecule has 0 bridgehead atoms. The van der Waals surface area contributed by atoms with Crippen LogP contribution in [-0.2, 0) is 20.8 Å². The third kappa shape index (κ3) is 6.49. The molecule has 0 aliphatic carbocycles. The van der Waals surface area contributed by atoms with Crippen LogP contribution in [0.2, 0.25) is 0 Å². The van der Waals surface area contributed by atoms with Gasteiger partial charge in [0.25, 0.3) is 5.69 Å². The van der Waals surface area contributed by atoms with Gasteiger partial charge in [0.05, 0.1) is 28.2 Å². The molecule has 2 aliphatic heterocycles. The molecule has 6 rings (SSSR count). The van der Waals surface area contributed by atoms with Crippen molar-refractivity contribution in [3.8, 4) is 11.3 Å². The molecule has 3 heterocycles. The molecule has 1 atom stereocenters. The van der Waals surface area contributed by atoms with Crippen molar-refractivity contribution in [1.29, 1.82) is 0 Å². The van der Waals surface area contributed by atoms with Crippen LogP contribution in [0.5, 0.6) is 0 Å². The number of fused-ring (bicyclic) bond motifs is 1. The molecule has 12 nitrogen and oxygen atoms in total. The highest BCUT2D eigenvalue weighted by Gasteiger charge is 2.36. The number of hydrogen-bond acceptors (Lipinski definition) is 7. The summed E-state index contributed by atoms with van der Waals surface area (Å²) in [7, 11) is 0. The number of aromatic amines is 1. The van der Waals surface area contributed by atoms with Crippen molar-refractivity contribution in [3.05, 3.63) is 99.7 Å². The number of benzene rings is 3. The minimum Gasteiger partial charge on any atom is -0.342 e. The number of H-pyrrole nitrogens is 1. The molecule has 1 fully saturated rings. The lowest BCUT2D eigenvalue weighted by Gasteiger charge is -2.26. The van der Waals surface area contributed by atoms with Gasteiger partial charge < -0.3 is 15.2 Å². The Hall–Kier alpha value is -5.65. The summed E-state index contributed by atoms with van der Waals surface area (Å²) in [6.45, 7) is 2.83. The summed E-state index contributed by atoms with van der Waals surface area (Å²) in [4.78, 5) is 62.1. The second kappa shape index (κ2) is 12.5. The number of rotatable bonds is 9. The number of carbonyl (C=O) groups excluding carboxylic acids is 3. The van der Waals surface area contributed by atoms with E-state index in [1.54, 1.807) is 24.4 Å². The SMILES string of the molecule is CC(=O)Nc1ncc(-c2ccc(N=C(c3ccc(CCN4CCCCC4=O)cc3)C3C(=O)Nc4ccc([N+](=O)[O-])cc43)cc2)[nH]1. The predicted octanol–water partition coefficient (Wildman–Crippen LogP) is 5.36. The first-order valence-corrected chi connectivity index (χ1v) is 14.7. The number of aliphatic imine (C=N–C) groups is 1. The Labute approximate surface area is 258 Å². The number of amides is 3. The Morgan fingerprint density at radius 1 is 1.09 bits per heavy atom. The highest BCUT2D eigenvalue weighted by atomic mass is 16.6. The Morgan fingerprint density at radius 2 is 1.87 bits per heavy atom. The van der Waals surface area contributed by atoms with E-state index in [9.17, 15) is 24.5 Å². The smallest absolute Gasteiger partial charge is 0.269 e. The number of nitro groups is 1. The van der Waals surface area contributed by atoms with E-state index in [4.69, 9.17) is 4.99 Å². The second-order valence-corrected chi connectivity index (χ2v) is 11.1. The quantitative estimate of drug-likeness (QED) is 0.132. The number of nitrogens with one attached hydrogen (secondary N) is 3. The van der Waals surface area contributed by atoms with Gasteiger partial charge in [0, 0.05) is 49.8 Å². The van der Waals surface area contributed by atoms with Gasteiger partial charge in [-0.25, -0.2) is 4.98 Å². The maximum atomic E-state index is 13.4. The summed E-state index contributed by atoms with van der Waals surface area (Å²) in [5.41, 5.74) is 5.18. The number of nitrogens with zero attached hydrogens (tertiary/aromatic N) is 4. The molecule has 0 radical (unpaired) electrons. The third-order valence-electron chi connectivity index (χ3n) is 7.99. The first kappa shape index (κ1) is 29.4. The monoisotopic (exact) mass is 605 g/mol. The van der Waals surface area contributed by atoms with Crippen molar-refractivity contribution in [1.82, 2.24) is 14.9 Å².